The van der Waals surface area contributed by atoms with Crippen molar-refractivity contribution in [3.05, 3.63) is 12.2 Å². The minimum Gasteiger partial charge on any atom is -0.444 e. The van der Waals surface area contributed by atoms with Gasteiger partial charge in [0, 0.05) is 6.54 Å². The normalized spacial score (nSPS) is 12.1. The first-order chi connectivity index (χ1) is 9.94. The lowest BCUT2D eigenvalue weighted by atomic mass is 10.2. The minimum atomic E-state index is -0.637. The Kier molecular flexibility index (Phi) is 7.94. The van der Waals surface area contributed by atoms with Gasteiger partial charge in [-0.15, -0.1) is 0 Å². The maximum atomic E-state index is 12.1. The Hall–Kier alpha value is -1.76. The molecule has 0 atom stereocenters. The fourth-order valence-corrected chi connectivity index (χ4v) is 1.28. The molecule has 0 rings (SSSR count). The van der Waals surface area contributed by atoms with E-state index in [1.54, 1.807) is 47.6 Å². The molecule has 2 N–H and O–H groups in total. The quantitative estimate of drug-likeness (QED) is 0.600. The molecule has 0 fully saturated rings. The zero-order chi connectivity index (χ0) is 17.4. The van der Waals surface area contributed by atoms with E-state index in [1.165, 1.54) is 11.0 Å². The van der Waals surface area contributed by atoms with Crippen molar-refractivity contribution in [2.75, 3.05) is 19.8 Å². The standard InChI is InChI=1S/C15H28N2O5/c1-14(2,3)21-12(19)16-11-17(9-7-8-10-18)13(20)22-15(4,5)6/h7-8,18H,9-11H2,1-6H3,(H,16,19). The predicted octanol–water partition coefficient (Wildman–Crippen LogP) is 2.25. The van der Waals surface area contributed by atoms with E-state index in [0.717, 1.165) is 0 Å². The van der Waals surface area contributed by atoms with Crippen molar-refractivity contribution in [3.63, 3.8) is 0 Å². The zero-order valence-corrected chi connectivity index (χ0v) is 14.3. The molecule has 2 amide bonds. The Bertz CT molecular complexity index is 394. The number of carbonyl (C=O) groups is 2. The van der Waals surface area contributed by atoms with E-state index in [-0.39, 0.29) is 19.8 Å². The number of carbonyl (C=O) groups excluding carboxylic acids is 2. The fraction of sp³-hybridized carbons (Fsp3) is 0.733. The molecule has 0 aliphatic rings. The fourth-order valence-electron chi connectivity index (χ4n) is 1.28. The van der Waals surface area contributed by atoms with Crippen LogP contribution in [0.1, 0.15) is 41.5 Å². The van der Waals surface area contributed by atoms with Crippen LogP contribution in [0.3, 0.4) is 0 Å². The summed E-state index contributed by atoms with van der Waals surface area (Å²) in [5.74, 6) is 0. The van der Waals surface area contributed by atoms with Crippen LogP contribution in [0.4, 0.5) is 9.59 Å². The van der Waals surface area contributed by atoms with Gasteiger partial charge in [-0.25, -0.2) is 9.59 Å². The molecule has 7 nitrogen and oxygen atoms in total. The SMILES string of the molecule is CC(C)(C)OC(=O)NCN(CC=CCO)C(=O)OC(C)(C)C. The van der Waals surface area contributed by atoms with E-state index >= 15 is 0 Å². The lowest BCUT2D eigenvalue weighted by Gasteiger charge is -2.27. The minimum absolute atomic E-state index is 0.0560. The van der Waals surface area contributed by atoms with Crippen LogP contribution in [0.5, 0.6) is 0 Å². The summed E-state index contributed by atoms with van der Waals surface area (Å²) < 4.78 is 10.4. The number of nitrogens with zero attached hydrogens (tertiary/aromatic N) is 1. The van der Waals surface area contributed by atoms with Gasteiger partial charge in [-0.3, -0.25) is 4.90 Å². The molecule has 0 aromatic heterocycles. The summed E-state index contributed by atoms with van der Waals surface area (Å²) in [6.45, 7) is 10.6. The van der Waals surface area contributed by atoms with E-state index < -0.39 is 23.4 Å². The number of nitrogens with one attached hydrogen (secondary N) is 1. The smallest absolute Gasteiger partial charge is 0.411 e. The Morgan fingerprint density at radius 2 is 1.59 bits per heavy atom. The van der Waals surface area contributed by atoms with Crippen molar-refractivity contribution < 1.29 is 24.2 Å². The van der Waals surface area contributed by atoms with Gasteiger partial charge in [0.1, 0.15) is 11.2 Å². The average molecular weight is 316 g/mol. The van der Waals surface area contributed by atoms with Crippen LogP contribution >= 0.6 is 0 Å². The van der Waals surface area contributed by atoms with Crippen molar-refractivity contribution in [1.82, 2.24) is 10.2 Å². The summed E-state index contributed by atoms with van der Waals surface area (Å²) in [5.41, 5.74) is -1.25. The molecule has 0 aromatic rings. The summed E-state index contributed by atoms with van der Waals surface area (Å²) in [5, 5.41) is 11.2. The van der Waals surface area contributed by atoms with Gasteiger partial charge in [0.15, 0.2) is 0 Å². The number of ether oxygens (including phenoxy) is 2. The molecule has 0 bridgehead atoms. The van der Waals surface area contributed by atoms with Gasteiger partial charge < -0.3 is 19.9 Å². The topological polar surface area (TPSA) is 88.1 Å². The Balaban J connectivity index is 4.63. The number of hydrogen-bond acceptors (Lipinski definition) is 5. The average Bonchev–Trinajstić information content (AvgIpc) is 2.28. The van der Waals surface area contributed by atoms with Crippen LogP contribution in [0.2, 0.25) is 0 Å². The summed E-state index contributed by atoms with van der Waals surface area (Å²) in [7, 11) is 0. The van der Waals surface area contributed by atoms with Crippen LogP contribution in [0, 0.1) is 0 Å². The summed E-state index contributed by atoms with van der Waals surface area (Å²) in [6, 6.07) is 0. The number of rotatable bonds is 5. The largest absolute Gasteiger partial charge is 0.444 e. The van der Waals surface area contributed by atoms with Gasteiger partial charge in [-0.05, 0) is 41.5 Å². The zero-order valence-electron chi connectivity index (χ0n) is 14.3. The molecule has 0 heterocycles. The molecule has 0 spiro atoms. The molecule has 0 saturated carbocycles. The lowest BCUT2D eigenvalue weighted by molar-refractivity contribution is 0.0230. The molecule has 0 radical (unpaired) electrons. The maximum absolute atomic E-state index is 12.1. The third-order valence-electron chi connectivity index (χ3n) is 2.06. The molecule has 0 saturated heterocycles. The molecule has 0 aliphatic carbocycles. The van der Waals surface area contributed by atoms with Crippen LogP contribution in [-0.4, -0.2) is 53.2 Å². The predicted molar refractivity (Wildman–Crippen MR) is 83.4 cm³/mol. The van der Waals surface area contributed by atoms with E-state index in [4.69, 9.17) is 14.6 Å². The highest BCUT2D eigenvalue weighted by Gasteiger charge is 2.23. The highest BCUT2D eigenvalue weighted by atomic mass is 16.6. The van der Waals surface area contributed by atoms with Gasteiger partial charge in [-0.2, -0.15) is 0 Å². The highest BCUT2D eigenvalue weighted by molar-refractivity contribution is 5.71. The Morgan fingerprint density at radius 1 is 1.05 bits per heavy atom. The second-order valence-corrected chi connectivity index (χ2v) is 6.69. The van der Waals surface area contributed by atoms with Gasteiger partial charge in [0.2, 0.25) is 0 Å². The third kappa shape index (κ3) is 11.0. The van der Waals surface area contributed by atoms with Crippen LogP contribution in [-0.2, 0) is 9.47 Å². The first kappa shape index (κ1) is 20.2. The van der Waals surface area contributed by atoms with Crippen molar-refractivity contribution >= 4 is 12.2 Å². The van der Waals surface area contributed by atoms with E-state index in [9.17, 15) is 9.59 Å². The Morgan fingerprint density at radius 3 is 2.05 bits per heavy atom. The van der Waals surface area contributed by atoms with Crippen molar-refractivity contribution in [1.29, 1.82) is 0 Å². The molecule has 7 heteroatoms. The molecule has 128 valence electrons. The van der Waals surface area contributed by atoms with Crippen LogP contribution in [0.25, 0.3) is 0 Å². The van der Waals surface area contributed by atoms with Gasteiger partial charge in [0.25, 0.3) is 0 Å². The van der Waals surface area contributed by atoms with Gasteiger partial charge in [0.05, 0.1) is 13.3 Å². The third-order valence-corrected chi connectivity index (χ3v) is 2.06. The van der Waals surface area contributed by atoms with Crippen LogP contribution < -0.4 is 5.32 Å². The van der Waals surface area contributed by atoms with Crippen molar-refractivity contribution in [3.8, 4) is 0 Å². The number of aliphatic hydroxyl groups excluding tert-OH is 1. The first-order valence-corrected chi connectivity index (χ1v) is 7.15. The second kappa shape index (κ2) is 8.63. The van der Waals surface area contributed by atoms with Crippen LogP contribution in [0.15, 0.2) is 12.2 Å². The molecule has 0 unspecified atom stereocenters. The second-order valence-electron chi connectivity index (χ2n) is 6.69. The first-order valence-electron chi connectivity index (χ1n) is 7.15. The van der Waals surface area contributed by atoms with E-state index in [2.05, 4.69) is 5.32 Å². The number of aliphatic hydroxyl groups is 1. The monoisotopic (exact) mass is 316 g/mol. The molecule has 0 aliphatic heterocycles. The molecule has 0 aromatic carbocycles. The Labute approximate surface area is 132 Å². The van der Waals surface area contributed by atoms with Gasteiger partial charge in [-0.1, -0.05) is 12.2 Å². The highest BCUT2D eigenvalue weighted by Crippen LogP contribution is 2.10. The van der Waals surface area contributed by atoms with E-state index in [0.29, 0.717) is 0 Å². The molecular weight excluding hydrogens is 288 g/mol. The molecule has 22 heavy (non-hydrogen) atoms. The van der Waals surface area contributed by atoms with Crippen molar-refractivity contribution in [2.45, 2.75) is 52.7 Å². The lowest BCUT2D eigenvalue weighted by Crippen LogP contribution is -2.45. The van der Waals surface area contributed by atoms with Crippen molar-refractivity contribution in [2.24, 2.45) is 0 Å². The summed E-state index contributed by atoms with van der Waals surface area (Å²) in [4.78, 5) is 25.0. The molecular formula is C15H28N2O5. The number of amides is 2. The number of hydrogen-bond donors (Lipinski definition) is 2. The maximum Gasteiger partial charge on any atom is 0.411 e. The van der Waals surface area contributed by atoms with Gasteiger partial charge >= 0.3 is 12.2 Å². The van der Waals surface area contributed by atoms with E-state index in [1.807, 2.05) is 0 Å². The number of alkyl carbamates (subject to hydrolysis) is 1. The summed E-state index contributed by atoms with van der Waals surface area (Å²) >= 11 is 0. The summed E-state index contributed by atoms with van der Waals surface area (Å²) in [6.07, 6.45) is 1.93.